The maximum absolute atomic E-state index is 12.7. The lowest BCUT2D eigenvalue weighted by Crippen LogP contribution is -2.11. The smallest absolute Gasteiger partial charge is 0.417 e. The van der Waals surface area contributed by atoms with Crippen LogP contribution < -0.4 is 0 Å². The van der Waals surface area contributed by atoms with Crippen molar-refractivity contribution >= 4 is 11.5 Å². The van der Waals surface area contributed by atoms with Crippen molar-refractivity contribution in [3.8, 4) is 0 Å². The average Bonchev–Trinajstić information content (AvgIpc) is 2.24. The molecule has 0 saturated heterocycles. The number of hydrogen-bond acceptors (Lipinski definition) is 1. The van der Waals surface area contributed by atoms with Gasteiger partial charge in [0, 0.05) is 5.56 Å². The van der Waals surface area contributed by atoms with E-state index in [2.05, 4.69) is 6.58 Å². The second-order valence-corrected chi connectivity index (χ2v) is 3.16. The number of carboxylic acid groups (broad SMARTS) is 1. The summed E-state index contributed by atoms with van der Waals surface area (Å²) >= 11 is 0. The molecule has 0 bridgehead atoms. The number of rotatable bonds is 3. The Morgan fingerprint density at radius 1 is 1.29 bits per heavy atom. The van der Waals surface area contributed by atoms with E-state index in [-0.39, 0.29) is 5.56 Å². The number of aliphatic carboxylic acids is 1. The fourth-order valence-electron chi connectivity index (χ4n) is 1.36. The number of halogens is 3. The van der Waals surface area contributed by atoms with Gasteiger partial charge in [0.05, 0.1) is 11.1 Å². The summed E-state index contributed by atoms with van der Waals surface area (Å²) in [6, 6.07) is 4.52. The number of alkyl halides is 3. The second kappa shape index (κ2) is 4.86. The largest absolute Gasteiger partial charge is 0.478 e. The molecule has 0 aliphatic rings. The molecule has 0 aliphatic carbocycles. The molecule has 5 heteroatoms. The molecule has 0 saturated carbocycles. The van der Waals surface area contributed by atoms with Crippen molar-refractivity contribution in [2.45, 2.75) is 6.18 Å². The molecular formula is C12H9F3O2. The van der Waals surface area contributed by atoms with Crippen molar-refractivity contribution in [2.24, 2.45) is 0 Å². The average molecular weight is 242 g/mol. The molecule has 0 spiro atoms. The summed E-state index contributed by atoms with van der Waals surface area (Å²) in [4.78, 5) is 10.9. The van der Waals surface area contributed by atoms with Gasteiger partial charge in [-0.15, -0.1) is 0 Å². The van der Waals surface area contributed by atoms with E-state index in [1.807, 2.05) is 0 Å². The van der Waals surface area contributed by atoms with Gasteiger partial charge in [0.1, 0.15) is 0 Å². The van der Waals surface area contributed by atoms with Crippen LogP contribution in [0.15, 0.2) is 43.0 Å². The maximum Gasteiger partial charge on any atom is 0.417 e. The third-order valence-electron chi connectivity index (χ3n) is 2.04. The Morgan fingerprint density at radius 3 is 2.35 bits per heavy atom. The quantitative estimate of drug-likeness (QED) is 0.651. The lowest BCUT2D eigenvalue weighted by molar-refractivity contribution is -0.137. The Kier molecular flexibility index (Phi) is 3.73. The van der Waals surface area contributed by atoms with Crippen LogP contribution >= 0.6 is 0 Å². The number of allylic oxidation sites excluding steroid dienone is 2. The Labute approximate surface area is 95.7 Å². The van der Waals surface area contributed by atoms with Gasteiger partial charge in [-0.1, -0.05) is 30.9 Å². The van der Waals surface area contributed by atoms with E-state index in [1.54, 1.807) is 0 Å². The lowest BCUT2D eigenvalue weighted by Gasteiger charge is -2.12. The monoisotopic (exact) mass is 242 g/mol. The van der Waals surface area contributed by atoms with Crippen molar-refractivity contribution in [1.29, 1.82) is 0 Å². The predicted molar refractivity (Wildman–Crippen MR) is 57.3 cm³/mol. The van der Waals surface area contributed by atoms with Gasteiger partial charge in [-0.2, -0.15) is 13.2 Å². The fourth-order valence-corrected chi connectivity index (χ4v) is 1.36. The molecule has 1 N–H and O–H groups in total. The van der Waals surface area contributed by atoms with Gasteiger partial charge in [0.15, 0.2) is 0 Å². The summed E-state index contributed by atoms with van der Waals surface area (Å²) in [5.74, 6) is -1.43. The Bertz CT molecular complexity index is 473. The van der Waals surface area contributed by atoms with E-state index < -0.39 is 23.3 Å². The highest BCUT2D eigenvalue weighted by Gasteiger charge is 2.34. The van der Waals surface area contributed by atoms with Crippen molar-refractivity contribution in [1.82, 2.24) is 0 Å². The molecule has 2 nitrogen and oxygen atoms in total. The highest BCUT2D eigenvalue weighted by atomic mass is 19.4. The van der Waals surface area contributed by atoms with Gasteiger partial charge in [-0.05, 0) is 12.1 Å². The SMILES string of the molecule is C=CC=C(C(=O)O)c1ccccc1C(F)(F)F. The number of hydrogen-bond donors (Lipinski definition) is 1. The van der Waals surface area contributed by atoms with Crippen LogP contribution in [0.25, 0.3) is 5.57 Å². The molecule has 0 fully saturated rings. The molecule has 0 unspecified atom stereocenters. The van der Waals surface area contributed by atoms with E-state index >= 15 is 0 Å². The van der Waals surface area contributed by atoms with Crippen LogP contribution in [0, 0.1) is 0 Å². The predicted octanol–water partition coefficient (Wildman–Crippen LogP) is 3.36. The first kappa shape index (κ1) is 13.0. The van der Waals surface area contributed by atoms with Crippen LogP contribution in [0.3, 0.4) is 0 Å². The minimum atomic E-state index is -4.59. The topological polar surface area (TPSA) is 37.3 Å². The minimum absolute atomic E-state index is 0.368. The molecule has 1 rings (SSSR count). The van der Waals surface area contributed by atoms with Crippen molar-refractivity contribution in [3.63, 3.8) is 0 Å². The summed E-state index contributed by atoms with van der Waals surface area (Å²) in [5, 5.41) is 8.86. The minimum Gasteiger partial charge on any atom is -0.478 e. The molecule has 0 amide bonds. The Morgan fingerprint density at radius 2 is 1.88 bits per heavy atom. The maximum atomic E-state index is 12.7. The molecule has 0 atom stereocenters. The van der Waals surface area contributed by atoms with Crippen LogP contribution in [0.5, 0.6) is 0 Å². The highest BCUT2D eigenvalue weighted by molar-refractivity contribution is 6.16. The molecule has 1 aromatic carbocycles. The van der Waals surface area contributed by atoms with Crippen LogP contribution in [0.1, 0.15) is 11.1 Å². The van der Waals surface area contributed by atoms with E-state index in [0.29, 0.717) is 0 Å². The zero-order chi connectivity index (χ0) is 13.1. The Hall–Kier alpha value is -2.04. The molecule has 17 heavy (non-hydrogen) atoms. The van der Waals surface area contributed by atoms with E-state index in [4.69, 9.17) is 5.11 Å². The van der Waals surface area contributed by atoms with Gasteiger partial charge in [-0.25, -0.2) is 4.79 Å². The van der Waals surface area contributed by atoms with Crippen molar-refractivity contribution < 1.29 is 23.1 Å². The first-order valence-corrected chi connectivity index (χ1v) is 4.60. The van der Waals surface area contributed by atoms with Crippen LogP contribution in [-0.4, -0.2) is 11.1 Å². The zero-order valence-electron chi connectivity index (χ0n) is 8.66. The summed E-state index contributed by atoms with van der Waals surface area (Å²) < 4.78 is 38.0. The van der Waals surface area contributed by atoms with Gasteiger partial charge in [0.25, 0.3) is 0 Å². The molecule has 0 radical (unpaired) electrons. The summed E-state index contributed by atoms with van der Waals surface area (Å²) in [7, 11) is 0. The first-order valence-electron chi connectivity index (χ1n) is 4.60. The molecule has 0 heterocycles. The van der Waals surface area contributed by atoms with Crippen LogP contribution in [0.4, 0.5) is 13.2 Å². The van der Waals surface area contributed by atoms with E-state index in [0.717, 1.165) is 24.3 Å². The molecular weight excluding hydrogens is 233 g/mol. The van der Waals surface area contributed by atoms with Crippen molar-refractivity contribution in [2.75, 3.05) is 0 Å². The summed E-state index contributed by atoms with van der Waals surface area (Å²) in [5.41, 5.74) is -1.78. The van der Waals surface area contributed by atoms with Crippen LogP contribution in [-0.2, 0) is 11.0 Å². The normalized spacial score (nSPS) is 12.3. The molecule has 90 valence electrons. The first-order chi connectivity index (χ1) is 7.88. The zero-order valence-corrected chi connectivity index (χ0v) is 8.66. The number of carboxylic acids is 1. The molecule has 0 aromatic heterocycles. The number of carbonyl (C=O) groups is 1. The Balaban J connectivity index is 3.45. The van der Waals surface area contributed by atoms with Gasteiger partial charge < -0.3 is 5.11 Å². The second-order valence-electron chi connectivity index (χ2n) is 3.16. The van der Waals surface area contributed by atoms with Crippen molar-refractivity contribution in [3.05, 3.63) is 54.1 Å². The third kappa shape index (κ3) is 2.96. The van der Waals surface area contributed by atoms with E-state index in [9.17, 15) is 18.0 Å². The third-order valence-corrected chi connectivity index (χ3v) is 2.04. The summed E-state index contributed by atoms with van der Waals surface area (Å²) in [6.45, 7) is 3.28. The van der Waals surface area contributed by atoms with Gasteiger partial charge in [0.2, 0.25) is 0 Å². The van der Waals surface area contributed by atoms with Gasteiger partial charge >= 0.3 is 12.1 Å². The lowest BCUT2D eigenvalue weighted by atomic mass is 9.99. The highest BCUT2D eigenvalue weighted by Crippen LogP contribution is 2.34. The standard InChI is InChI=1S/C12H9F3O2/c1-2-5-9(11(16)17)8-6-3-4-7-10(8)12(13,14)15/h2-7H,1H2,(H,16,17). The van der Waals surface area contributed by atoms with Crippen LogP contribution in [0.2, 0.25) is 0 Å². The number of benzene rings is 1. The fraction of sp³-hybridized carbons (Fsp3) is 0.0833. The molecule has 0 aliphatic heterocycles. The summed E-state index contributed by atoms with van der Waals surface area (Å²) in [6.07, 6.45) is -2.42. The van der Waals surface area contributed by atoms with E-state index in [1.165, 1.54) is 12.1 Å². The molecule has 1 aromatic rings. The van der Waals surface area contributed by atoms with Gasteiger partial charge in [-0.3, -0.25) is 0 Å².